The van der Waals surface area contributed by atoms with Gasteiger partial charge in [-0.25, -0.2) is 4.57 Å². The van der Waals surface area contributed by atoms with E-state index in [9.17, 15) is 24.5 Å². The van der Waals surface area contributed by atoms with Crippen molar-refractivity contribution < 1.29 is 70.1 Å². The number of carbonyl (C=O) groups is 3. The number of fused-ring (bicyclic) bond motifs is 1. The molecule has 3 heterocycles. The van der Waals surface area contributed by atoms with Crippen LogP contribution in [0.2, 0.25) is 18.1 Å². The molecule has 2 fully saturated rings. The summed E-state index contributed by atoms with van der Waals surface area (Å²) in [6, 6.07) is 24.6. The third-order valence-corrected chi connectivity index (χ3v) is 20.5. The van der Waals surface area contributed by atoms with Gasteiger partial charge in [-0.15, -0.1) is 0 Å². The number of nitrogens with zero attached hydrogens (tertiary/aromatic N) is 3. The Bertz CT molecular complexity index is 2400. The molecule has 1 N–H and O–H groups in total. The van der Waals surface area contributed by atoms with Crippen molar-refractivity contribution in [1.29, 1.82) is 0 Å². The highest BCUT2D eigenvalue weighted by Gasteiger charge is 2.53. The highest BCUT2D eigenvalue weighted by molar-refractivity contribution is 7.48. The monoisotopic (exact) mass is 1090 g/mol. The number of esters is 2. The van der Waals surface area contributed by atoms with Crippen LogP contribution in [0.3, 0.4) is 0 Å². The van der Waals surface area contributed by atoms with E-state index in [-0.39, 0.29) is 57.3 Å². The quantitative estimate of drug-likeness (QED) is 0.0208. The molecule has 3 aliphatic rings. The maximum Gasteiger partial charge on any atom is 0.475 e. The van der Waals surface area contributed by atoms with Gasteiger partial charge in [-0.1, -0.05) is 145 Å². The van der Waals surface area contributed by atoms with E-state index >= 15 is 0 Å². The van der Waals surface area contributed by atoms with Crippen LogP contribution in [0, 0.1) is 11.8 Å². The van der Waals surface area contributed by atoms with Gasteiger partial charge in [-0.3, -0.25) is 28.0 Å². The van der Waals surface area contributed by atoms with Crippen LogP contribution < -0.4 is 5.32 Å². The van der Waals surface area contributed by atoms with Crippen molar-refractivity contribution in [3.05, 3.63) is 118 Å². The predicted molar refractivity (Wildman–Crippen MR) is 284 cm³/mol. The Morgan fingerprint density at radius 3 is 1.95 bits per heavy atom. The summed E-state index contributed by atoms with van der Waals surface area (Å²) >= 11 is 0. The Balaban J connectivity index is 1.31. The Morgan fingerprint density at radius 1 is 0.776 bits per heavy atom. The lowest BCUT2D eigenvalue weighted by molar-refractivity contribution is -0.282. The number of phosphoric ester groups is 1. The Hall–Kier alpha value is -4.53. The van der Waals surface area contributed by atoms with Gasteiger partial charge in [0, 0.05) is 23.2 Å². The SMILES string of the molecule is CCC(=O)O[C@H](CC)CC(=O)NC1[C@H](OCC2O[C@@H](O[Si](C)(C)C(C)(C)C)C(N=[N+]=[N-])[C@@H](OC(=O)C[C@H](CC)OCc3ccccc3)[C@H]2C)OC(COCc2ccccc2)[C@H](OP2(=O)OCc3ccccc3CO2)[C@@H]1C. The van der Waals surface area contributed by atoms with Crippen LogP contribution in [0.4, 0.5) is 0 Å². The molecule has 0 spiro atoms. The fourth-order valence-corrected chi connectivity index (χ4v) is 11.4. The fraction of sp³-hybridized carbons (Fsp3) is 0.618. The first-order chi connectivity index (χ1) is 36.3. The highest BCUT2D eigenvalue weighted by atomic mass is 31.2. The largest absolute Gasteiger partial charge is 0.475 e. The number of benzene rings is 3. The molecule has 6 rings (SSSR count). The van der Waals surface area contributed by atoms with Gasteiger partial charge in [-0.2, -0.15) is 0 Å². The second-order valence-corrected chi connectivity index (χ2v) is 27.6. The maximum atomic E-state index is 14.6. The molecule has 0 saturated carbocycles. The lowest BCUT2D eigenvalue weighted by Crippen LogP contribution is -2.63. The molecule has 1 amide bonds. The Kier molecular flexibility index (Phi) is 22.7. The third-order valence-electron chi connectivity index (χ3n) is 14.7. The average molecular weight is 1100 g/mol. The number of hydrogen-bond donors (Lipinski definition) is 1. The first kappa shape index (κ1) is 60.7. The molecule has 4 unspecified atom stereocenters. The first-order valence-corrected chi connectivity index (χ1v) is 30.9. The minimum Gasteiger partial charge on any atom is -0.462 e. The van der Waals surface area contributed by atoms with E-state index in [2.05, 4.69) is 36.1 Å². The standard InChI is InChI=1S/C55H79N4O15PSi/c1-11-42(65-31-39-24-18-15-19-25-39)29-48(62)72-52-36(4)44(70-54(50(52)58-59-56)74-76(9,10)55(6,7)8)35-66-53-49(57-46(60)28-43(12-2)69-47(61)13-3)37(5)51(45(71-53)34-64-30-38-22-16-14-17-23-38)73-75(63)67-32-40-26-20-21-27-41(40)33-68-75/h14-27,36-37,42-45,49-54H,11-13,28-35H2,1-10H3,(H,57,60)/t36-,37+,42-,43+,44?,45?,49?,50?,51+,52-,53+,54-/m0/s1. The number of amides is 1. The molecule has 2 saturated heterocycles. The van der Waals surface area contributed by atoms with Crippen molar-refractivity contribution in [2.24, 2.45) is 17.0 Å². The smallest absolute Gasteiger partial charge is 0.462 e. The van der Waals surface area contributed by atoms with E-state index in [1.54, 1.807) is 6.92 Å². The van der Waals surface area contributed by atoms with Gasteiger partial charge in [-0.05, 0) is 58.8 Å². The number of ether oxygens (including phenoxy) is 7. The molecule has 0 aliphatic carbocycles. The van der Waals surface area contributed by atoms with Gasteiger partial charge >= 0.3 is 19.8 Å². The van der Waals surface area contributed by atoms with Gasteiger partial charge in [0.05, 0.1) is 70.7 Å². The average Bonchev–Trinajstić information content (AvgIpc) is 3.58. The van der Waals surface area contributed by atoms with Crippen LogP contribution >= 0.6 is 7.82 Å². The lowest BCUT2D eigenvalue weighted by Gasteiger charge is -2.48. The van der Waals surface area contributed by atoms with Crippen molar-refractivity contribution in [2.45, 2.75) is 193 Å². The first-order valence-electron chi connectivity index (χ1n) is 26.5. The minimum absolute atomic E-state index is 0.0386. The van der Waals surface area contributed by atoms with Crippen molar-refractivity contribution >= 4 is 34.0 Å². The molecular weight excluding hydrogens is 1020 g/mol. The fourth-order valence-electron chi connectivity index (χ4n) is 8.86. The zero-order valence-electron chi connectivity index (χ0n) is 45.7. The predicted octanol–water partition coefficient (Wildman–Crippen LogP) is 10.8. The highest BCUT2D eigenvalue weighted by Crippen LogP contribution is 2.55. The van der Waals surface area contributed by atoms with E-state index in [0.717, 1.165) is 22.3 Å². The van der Waals surface area contributed by atoms with Crippen LogP contribution in [0.5, 0.6) is 0 Å². The number of rotatable bonds is 25. The van der Waals surface area contributed by atoms with Gasteiger partial charge in [0.1, 0.15) is 30.5 Å². The number of carbonyl (C=O) groups excluding carboxylic acids is 3. The summed E-state index contributed by atoms with van der Waals surface area (Å²) in [4.78, 5) is 43.7. The molecule has 12 atom stereocenters. The normalized spacial score (nSPS) is 26.4. The zero-order valence-corrected chi connectivity index (χ0v) is 47.6. The van der Waals surface area contributed by atoms with Crippen molar-refractivity contribution in [1.82, 2.24) is 5.32 Å². The zero-order chi connectivity index (χ0) is 55.0. The molecule has 3 aliphatic heterocycles. The summed E-state index contributed by atoms with van der Waals surface area (Å²) in [6.07, 6.45) is -6.71. The molecule has 0 bridgehead atoms. The molecule has 418 valence electrons. The molecule has 0 radical (unpaired) electrons. The summed E-state index contributed by atoms with van der Waals surface area (Å²) < 4.78 is 84.4. The van der Waals surface area contributed by atoms with Crippen molar-refractivity contribution in [3.8, 4) is 0 Å². The molecule has 21 heteroatoms. The van der Waals surface area contributed by atoms with E-state index in [1.807, 2.05) is 126 Å². The van der Waals surface area contributed by atoms with Gasteiger partial charge < -0.3 is 42.9 Å². The summed E-state index contributed by atoms with van der Waals surface area (Å²) in [5, 5.41) is 6.92. The summed E-state index contributed by atoms with van der Waals surface area (Å²) in [7, 11) is -6.97. The van der Waals surface area contributed by atoms with Gasteiger partial charge in [0.2, 0.25) is 5.91 Å². The number of azide groups is 1. The lowest BCUT2D eigenvalue weighted by atomic mass is 9.88. The molecule has 3 aromatic rings. The van der Waals surface area contributed by atoms with Crippen LogP contribution in [0.15, 0.2) is 90.0 Å². The summed E-state index contributed by atoms with van der Waals surface area (Å²) in [6.45, 7) is 19.5. The van der Waals surface area contributed by atoms with Crippen LogP contribution in [-0.2, 0) is 96.5 Å². The molecule has 0 aromatic heterocycles. The molecule has 19 nitrogen and oxygen atoms in total. The summed E-state index contributed by atoms with van der Waals surface area (Å²) in [5.41, 5.74) is 13.4. The Morgan fingerprint density at radius 2 is 1.37 bits per heavy atom. The second-order valence-electron chi connectivity index (χ2n) is 21.2. The molecule has 76 heavy (non-hydrogen) atoms. The number of phosphoric acid groups is 1. The molecular formula is C55H79N4O15PSi. The number of nitrogens with one attached hydrogen (secondary N) is 1. The second kappa shape index (κ2) is 28.4. The summed E-state index contributed by atoms with van der Waals surface area (Å²) in [5.74, 6) is -2.86. The van der Waals surface area contributed by atoms with Gasteiger partial charge in [0.15, 0.2) is 20.9 Å². The van der Waals surface area contributed by atoms with E-state index < -0.39 is 107 Å². The molecule has 3 aromatic carbocycles. The number of hydrogen-bond acceptors (Lipinski definition) is 16. The third kappa shape index (κ3) is 17.0. The van der Waals surface area contributed by atoms with Crippen molar-refractivity contribution in [2.75, 3.05) is 13.2 Å². The maximum absolute atomic E-state index is 14.6. The van der Waals surface area contributed by atoms with E-state index in [1.165, 1.54) is 0 Å². The van der Waals surface area contributed by atoms with Crippen molar-refractivity contribution in [3.63, 3.8) is 0 Å². The minimum atomic E-state index is -4.30. The van der Waals surface area contributed by atoms with Crippen LogP contribution in [0.1, 0.15) is 110 Å². The topological polar surface area (TPSA) is 231 Å². The Labute approximate surface area is 449 Å². The van der Waals surface area contributed by atoms with Gasteiger partial charge in [0.25, 0.3) is 0 Å². The van der Waals surface area contributed by atoms with E-state index in [4.69, 9.17) is 51.2 Å². The van der Waals surface area contributed by atoms with E-state index in [0.29, 0.717) is 19.4 Å². The van der Waals surface area contributed by atoms with Crippen LogP contribution in [0.25, 0.3) is 10.4 Å². The van der Waals surface area contributed by atoms with Crippen LogP contribution in [-0.4, -0.2) is 101 Å².